The molecule has 2 nitrogen and oxygen atoms in total. The standard InChI is InChI=1S/C15H14Cl2FNO/c1-9(19)8-10-12(18)5-3-6-13(10)20-14-7-2-4-11(16)15(14)17/h2-7,9H,8,19H2,1H3. The Balaban J connectivity index is 2.38. The molecule has 1 atom stereocenters. The summed E-state index contributed by atoms with van der Waals surface area (Å²) in [4.78, 5) is 0. The van der Waals surface area contributed by atoms with E-state index in [2.05, 4.69) is 0 Å². The van der Waals surface area contributed by atoms with Crippen LogP contribution in [0, 0.1) is 5.82 Å². The van der Waals surface area contributed by atoms with Gasteiger partial charge < -0.3 is 10.5 Å². The van der Waals surface area contributed by atoms with E-state index in [-0.39, 0.29) is 11.9 Å². The number of halogens is 3. The first-order valence-corrected chi connectivity index (χ1v) is 6.89. The van der Waals surface area contributed by atoms with Crippen molar-refractivity contribution < 1.29 is 9.13 Å². The predicted octanol–water partition coefficient (Wildman–Crippen LogP) is 4.81. The summed E-state index contributed by atoms with van der Waals surface area (Å²) in [6.07, 6.45) is 0.375. The zero-order chi connectivity index (χ0) is 14.7. The molecule has 2 aromatic rings. The van der Waals surface area contributed by atoms with Crippen LogP contribution >= 0.6 is 23.2 Å². The van der Waals surface area contributed by atoms with Crippen LogP contribution in [0.15, 0.2) is 36.4 Å². The number of nitrogens with two attached hydrogens (primary N) is 1. The zero-order valence-electron chi connectivity index (χ0n) is 10.9. The van der Waals surface area contributed by atoms with Crippen LogP contribution in [0.2, 0.25) is 10.0 Å². The summed E-state index contributed by atoms with van der Waals surface area (Å²) in [5.41, 5.74) is 6.17. The number of ether oxygens (including phenoxy) is 1. The van der Waals surface area contributed by atoms with E-state index in [9.17, 15) is 4.39 Å². The van der Waals surface area contributed by atoms with Crippen molar-refractivity contribution in [3.8, 4) is 11.5 Å². The maximum absolute atomic E-state index is 13.9. The first-order chi connectivity index (χ1) is 9.49. The second-order valence-electron chi connectivity index (χ2n) is 4.55. The minimum Gasteiger partial charge on any atom is -0.455 e. The van der Waals surface area contributed by atoms with Crippen molar-refractivity contribution in [2.75, 3.05) is 0 Å². The van der Waals surface area contributed by atoms with Crippen LogP contribution < -0.4 is 10.5 Å². The Bertz CT molecular complexity index is 617. The third-order valence-electron chi connectivity index (χ3n) is 2.74. The average Bonchev–Trinajstić information content (AvgIpc) is 2.38. The minimum atomic E-state index is -0.349. The summed E-state index contributed by atoms with van der Waals surface area (Å²) >= 11 is 12.0. The second kappa shape index (κ2) is 6.44. The van der Waals surface area contributed by atoms with Gasteiger partial charge in [-0.15, -0.1) is 0 Å². The van der Waals surface area contributed by atoms with Gasteiger partial charge >= 0.3 is 0 Å². The summed E-state index contributed by atoms with van der Waals surface area (Å²) in [5, 5.41) is 0.680. The fraction of sp³-hybridized carbons (Fsp3) is 0.200. The van der Waals surface area contributed by atoms with Gasteiger partial charge in [-0.05, 0) is 37.6 Å². The molecule has 2 rings (SSSR count). The molecule has 0 aliphatic rings. The normalized spacial score (nSPS) is 12.2. The Morgan fingerprint density at radius 2 is 1.80 bits per heavy atom. The van der Waals surface area contributed by atoms with E-state index in [1.165, 1.54) is 6.07 Å². The first kappa shape index (κ1) is 15.1. The summed E-state index contributed by atoms with van der Waals surface area (Å²) in [6.45, 7) is 1.81. The number of hydrogen-bond acceptors (Lipinski definition) is 2. The molecule has 5 heteroatoms. The Hall–Kier alpha value is -1.29. The summed E-state index contributed by atoms with van der Waals surface area (Å²) in [5.74, 6) is 0.431. The van der Waals surface area contributed by atoms with E-state index in [1.807, 2.05) is 6.92 Å². The fourth-order valence-electron chi connectivity index (χ4n) is 1.84. The number of hydrogen-bond donors (Lipinski definition) is 1. The van der Waals surface area contributed by atoms with Crippen molar-refractivity contribution in [1.29, 1.82) is 0 Å². The zero-order valence-corrected chi connectivity index (χ0v) is 12.4. The van der Waals surface area contributed by atoms with E-state index in [0.717, 1.165) is 0 Å². The lowest BCUT2D eigenvalue weighted by molar-refractivity contribution is 0.464. The van der Waals surface area contributed by atoms with Gasteiger partial charge in [-0.3, -0.25) is 0 Å². The average molecular weight is 314 g/mol. The van der Waals surface area contributed by atoms with Gasteiger partial charge in [-0.1, -0.05) is 35.3 Å². The van der Waals surface area contributed by atoms with Gasteiger partial charge in [0.25, 0.3) is 0 Å². The molecule has 1 unspecified atom stereocenters. The van der Waals surface area contributed by atoms with Crippen LogP contribution in [0.5, 0.6) is 11.5 Å². The Morgan fingerprint density at radius 3 is 2.50 bits per heavy atom. The highest BCUT2D eigenvalue weighted by Gasteiger charge is 2.14. The number of benzene rings is 2. The van der Waals surface area contributed by atoms with Crippen molar-refractivity contribution in [2.45, 2.75) is 19.4 Å². The smallest absolute Gasteiger partial charge is 0.147 e. The third-order valence-corrected chi connectivity index (χ3v) is 3.54. The highest BCUT2D eigenvalue weighted by atomic mass is 35.5. The lowest BCUT2D eigenvalue weighted by Crippen LogP contribution is -2.19. The molecule has 0 saturated heterocycles. The highest BCUT2D eigenvalue weighted by molar-refractivity contribution is 6.42. The largest absolute Gasteiger partial charge is 0.455 e. The van der Waals surface area contributed by atoms with Crippen molar-refractivity contribution in [3.05, 3.63) is 57.8 Å². The van der Waals surface area contributed by atoms with Crippen molar-refractivity contribution in [3.63, 3.8) is 0 Å². The summed E-state index contributed by atoms with van der Waals surface area (Å²) in [7, 11) is 0. The quantitative estimate of drug-likeness (QED) is 0.878. The topological polar surface area (TPSA) is 35.2 Å². The van der Waals surface area contributed by atoms with Gasteiger partial charge in [0, 0.05) is 11.6 Å². The molecule has 0 amide bonds. The molecule has 0 saturated carbocycles. The Kier molecular flexibility index (Phi) is 4.86. The summed E-state index contributed by atoms with van der Waals surface area (Å²) < 4.78 is 19.6. The van der Waals surface area contributed by atoms with Gasteiger partial charge in [0.2, 0.25) is 0 Å². The predicted molar refractivity (Wildman–Crippen MR) is 80.3 cm³/mol. The van der Waals surface area contributed by atoms with E-state index in [4.69, 9.17) is 33.7 Å². The monoisotopic (exact) mass is 313 g/mol. The van der Waals surface area contributed by atoms with E-state index < -0.39 is 0 Å². The molecule has 0 aliphatic heterocycles. The van der Waals surface area contributed by atoms with Crippen molar-refractivity contribution >= 4 is 23.2 Å². The lowest BCUT2D eigenvalue weighted by atomic mass is 10.1. The van der Waals surface area contributed by atoms with E-state index in [1.54, 1.807) is 30.3 Å². The maximum Gasteiger partial charge on any atom is 0.147 e. The second-order valence-corrected chi connectivity index (χ2v) is 5.34. The molecule has 0 radical (unpaired) electrons. The molecule has 0 heterocycles. The maximum atomic E-state index is 13.9. The first-order valence-electron chi connectivity index (χ1n) is 6.14. The molecule has 0 aromatic heterocycles. The van der Waals surface area contributed by atoms with Crippen LogP contribution in [-0.4, -0.2) is 6.04 Å². The minimum absolute atomic E-state index is 0.177. The molecule has 106 valence electrons. The third kappa shape index (κ3) is 3.42. The van der Waals surface area contributed by atoms with Gasteiger partial charge in [0.15, 0.2) is 0 Å². The Morgan fingerprint density at radius 1 is 1.15 bits per heavy atom. The molecule has 20 heavy (non-hydrogen) atoms. The van der Waals surface area contributed by atoms with E-state index in [0.29, 0.717) is 33.5 Å². The molecule has 0 aliphatic carbocycles. The van der Waals surface area contributed by atoms with Crippen LogP contribution in [0.25, 0.3) is 0 Å². The Labute approximate surface area is 127 Å². The molecule has 0 fully saturated rings. The van der Waals surface area contributed by atoms with Crippen LogP contribution in [0.4, 0.5) is 4.39 Å². The highest BCUT2D eigenvalue weighted by Crippen LogP contribution is 2.36. The number of rotatable bonds is 4. The van der Waals surface area contributed by atoms with E-state index >= 15 is 0 Å². The molecule has 0 bridgehead atoms. The van der Waals surface area contributed by atoms with Gasteiger partial charge in [0.1, 0.15) is 22.3 Å². The SMILES string of the molecule is CC(N)Cc1c(F)cccc1Oc1cccc(Cl)c1Cl. The molecule has 2 N–H and O–H groups in total. The van der Waals surface area contributed by atoms with Crippen molar-refractivity contribution in [2.24, 2.45) is 5.73 Å². The summed E-state index contributed by atoms with van der Waals surface area (Å²) in [6, 6.07) is 9.51. The van der Waals surface area contributed by atoms with Crippen molar-refractivity contribution in [1.82, 2.24) is 0 Å². The lowest BCUT2D eigenvalue weighted by Gasteiger charge is -2.14. The molecular formula is C15H14Cl2FNO. The van der Waals surface area contributed by atoms with Gasteiger partial charge in [-0.2, -0.15) is 0 Å². The van der Waals surface area contributed by atoms with Crippen LogP contribution in [0.3, 0.4) is 0 Å². The molecule has 2 aromatic carbocycles. The molecular weight excluding hydrogens is 300 g/mol. The van der Waals surface area contributed by atoms with Crippen LogP contribution in [-0.2, 0) is 6.42 Å². The van der Waals surface area contributed by atoms with Gasteiger partial charge in [0.05, 0.1) is 5.02 Å². The van der Waals surface area contributed by atoms with Gasteiger partial charge in [-0.25, -0.2) is 4.39 Å². The molecule has 0 spiro atoms. The fourth-order valence-corrected chi connectivity index (χ4v) is 2.17. The van der Waals surface area contributed by atoms with Crippen LogP contribution in [0.1, 0.15) is 12.5 Å².